The van der Waals surface area contributed by atoms with Gasteiger partial charge in [-0.25, -0.2) is 4.98 Å². The molecule has 0 bridgehead atoms. The highest BCUT2D eigenvalue weighted by molar-refractivity contribution is 6.34. The number of nitro benzene ring substituents is 1. The molecule has 0 radical (unpaired) electrons. The molecule has 0 unspecified atom stereocenters. The maximum absolute atomic E-state index is 12.6. The van der Waals surface area contributed by atoms with Gasteiger partial charge >= 0.3 is 0 Å². The molecule has 0 saturated carbocycles. The lowest BCUT2D eigenvalue weighted by molar-refractivity contribution is -0.384. The maximum Gasteiger partial charge on any atom is 0.288 e. The molecule has 1 aromatic heterocycles. The molecule has 3 aromatic carbocycles. The molecule has 2 N–H and O–H groups in total. The molecular weight excluding hydrogens is 415 g/mol. The molecule has 4 aromatic rings. The van der Waals surface area contributed by atoms with E-state index in [-0.39, 0.29) is 16.3 Å². The van der Waals surface area contributed by atoms with Crippen molar-refractivity contribution in [3.8, 4) is 11.4 Å². The zero-order valence-electron chi connectivity index (χ0n) is 14.6. The molecular formula is C20H12Cl2N4O3. The predicted molar refractivity (Wildman–Crippen MR) is 113 cm³/mol. The number of nitrogens with one attached hydrogen (secondary N) is 2. The van der Waals surface area contributed by atoms with Crippen LogP contribution in [0.1, 0.15) is 10.4 Å². The number of benzene rings is 3. The van der Waals surface area contributed by atoms with E-state index in [1.807, 2.05) is 24.3 Å². The number of halogens is 2. The number of anilines is 1. The number of H-pyrrole nitrogens is 1. The first-order valence-corrected chi connectivity index (χ1v) is 9.18. The number of carbonyl (C=O) groups is 1. The van der Waals surface area contributed by atoms with E-state index in [9.17, 15) is 14.9 Å². The SMILES string of the molecule is O=C(Nc1cc(-c2nc3ccccc3[nH]2)ccc1Cl)c1ccc(Cl)c([N+](=O)[O-])c1. The fraction of sp³-hybridized carbons (Fsp3) is 0. The summed E-state index contributed by atoms with van der Waals surface area (Å²) in [6, 6.07) is 16.5. The number of hydrogen-bond donors (Lipinski definition) is 2. The van der Waals surface area contributed by atoms with Crippen LogP contribution >= 0.6 is 23.2 Å². The van der Waals surface area contributed by atoms with E-state index >= 15 is 0 Å². The summed E-state index contributed by atoms with van der Waals surface area (Å²) >= 11 is 12.0. The first-order chi connectivity index (χ1) is 13.9. The van der Waals surface area contributed by atoms with Crippen molar-refractivity contribution in [2.24, 2.45) is 0 Å². The summed E-state index contributed by atoms with van der Waals surface area (Å²) in [5.74, 6) is 0.0777. The van der Waals surface area contributed by atoms with Gasteiger partial charge in [0.15, 0.2) is 0 Å². The van der Waals surface area contributed by atoms with Gasteiger partial charge < -0.3 is 10.3 Å². The second kappa shape index (κ2) is 7.54. The summed E-state index contributed by atoms with van der Waals surface area (Å²) in [7, 11) is 0. The van der Waals surface area contributed by atoms with Gasteiger partial charge in [0.25, 0.3) is 11.6 Å². The van der Waals surface area contributed by atoms with E-state index in [4.69, 9.17) is 23.2 Å². The van der Waals surface area contributed by atoms with Gasteiger partial charge in [-0.15, -0.1) is 0 Å². The minimum atomic E-state index is -0.645. The van der Waals surface area contributed by atoms with E-state index in [2.05, 4.69) is 15.3 Å². The van der Waals surface area contributed by atoms with Gasteiger partial charge in [0.05, 0.1) is 26.7 Å². The normalized spacial score (nSPS) is 10.8. The van der Waals surface area contributed by atoms with Crippen LogP contribution in [0.15, 0.2) is 60.7 Å². The highest BCUT2D eigenvalue weighted by Gasteiger charge is 2.17. The minimum absolute atomic E-state index is 0.0449. The van der Waals surface area contributed by atoms with E-state index in [1.54, 1.807) is 18.2 Å². The van der Waals surface area contributed by atoms with Gasteiger partial charge in [0.1, 0.15) is 10.8 Å². The van der Waals surface area contributed by atoms with Gasteiger partial charge in [-0.3, -0.25) is 14.9 Å². The number of para-hydroxylation sites is 2. The fourth-order valence-electron chi connectivity index (χ4n) is 2.85. The summed E-state index contributed by atoms with van der Waals surface area (Å²) in [4.78, 5) is 30.7. The van der Waals surface area contributed by atoms with Crippen LogP contribution in [0.2, 0.25) is 10.0 Å². The van der Waals surface area contributed by atoms with Crippen molar-refractivity contribution in [2.75, 3.05) is 5.32 Å². The van der Waals surface area contributed by atoms with Crippen LogP contribution in [0.3, 0.4) is 0 Å². The van der Waals surface area contributed by atoms with Crippen LogP contribution in [0.5, 0.6) is 0 Å². The number of imidazole rings is 1. The van der Waals surface area contributed by atoms with Gasteiger partial charge in [-0.1, -0.05) is 35.3 Å². The number of rotatable bonds is 4. The number of aromatic amines is 1. The largest absolute Gasteiger partial charge is 0.338 e. The number of nitro groups is 1. The number of aromatic nitrogens is 2. The zero-order valence-corrected chi connectivity index (χ0v) is 16.2. The predicted octanol–water partition coefficient (Wildman–Crippen LogP) is 5.70. The quantitative estimate of drug-likeness (QED) is 0.322. The summed E-state index contributed by atoms with van der Waals surface area (Å²) in [5, 5.41) is 14.0. The lowest BCUT2D eigenvalue weighted by Gasteiger charge is -2.09. The van der Waals surface area contributed by atoms with Crippen LogP contribution in [-0.2, 0) is 0 Å². The topological polar surface area (TPSA) is 101 Å². The summed E-state index contributed by atoms with van der Waals surface area (Å²) in [6.07, 6.45) is 0. The Labute approximate surface area is 174 Å². The standard InChI is InChI=1S/C20H12Cl2N4O3/c21-13-7-5-11(19-23-15-3-1-2-4-16(15)24-19)9-17(13)25-20(27)12-6-8-14(22)18(10-12)26(28)29/h1-10H,(H,23,24)(H,25,27). The van der Waals surface area contributed by atoms with Gasteiger partial charge in [-0.05, 0) is 42.5 Å². The molecule has 0 aliphatic heterocycles. The van der Waals surface area contributed by atoms with Crippen LogP contribution in [0.25, 0.3) is 22.4 Å². The molecule has 0 aliphatic rings. The smallest absolute Gasteiger partial charge is 0.288 e. The third kappa shape index (κ3) is 3.78. The van der Waals surface area contributed by atoms with Crippen molar-refractivity contribution in [3.63, 3.8) is 0 Å². The minimum Gasteiger partial charge on any atom is -0.338 e. The van der Waals surface area contributed by atoms with Crippen molar-refractivity contribution in [3.05, 3.63) is 86.4 Å². The Kier molecular flexibility index (Phi) is 4.92. The maximum atomic E-state index is 12.6. The van der Waals surface area contributed by atoms with Gasteiger partial charge in [0.2, 0.25) is 0 Å². The van der Waals surface area contributed by atoms with Crippen LogP contribution in [0, 0.1) is 10.1 Å². The van der Waals surface area contributed by atoms with Crippen LogP contribution in [0.4, 0.5) is 11.4 Å². The zero-order chi connectivity index (χ0) is 20.5. The Balaban J connectivity index is 1.65. The molecule has 0 spiro atoms. The lowest BCUT2D eigenvalue weighted by Crippen LogP contribution is -2.12. The number of hydrogen-bond acceptors (Lipinski definition) is 4. The third-order valence-electron chi connectivity index (χ3n) is 4.28. The Morgan fingerprint density at radius 2 is 1.79 bits per heavy atom. The van der Waals surface area contributed by atoms with Crippen LogP contribution < -0.4 is 5.32 Å². The molecule has 0 aliphatic carbocycles. The first kappa shape index (κ1) is 18.9. The molecule has 0 saturated heterocycles. The fourth-order valence-corrected chi connectivity index (χ4v) is 3.20. The van der Waals surface area contributed by atoms with Crippen molar-refractivity contribution in [1.82, 2.24) is 9.97 Å². The molecule has 4 rings (SSSR count). The molecule has 0 atom stereocenters. The Bertz CT molecular complexity index is 1240. The Morgan fingerprint density at radius 3 is 2.55 bits per heavy atom. The number of fused-ring (bicyclic) bond motifs is 1. The van der Waals surface area contributed by atoms with Crippen LogP contribution in [-0.4, -0.2) is 20.8 Å². The number of amides is 1. The second-order valence-electron chi connectivity index (χ2n) is 6.17. The van der Waals surface area contributed by atoms with Gasteiger partial charge in [-0.2, -0.15) is 0 Å². The molecule has 7 nitrogen and oxygen atoms in total. The molecule has 9 heteroatoms. The van der Waals surface area contributed by atoms with E-state index in [0.29, 0.717) is 16.5 Å². The molecule has 1 heterocycles. The highest BCUT2D eigenvalue weighted by Crippen LogP contribution is 2.30. The Morgan fingerprint density at radius 1 is 1.03 bits per heavy atom. The molecule has 1 amide bonds. The van der Waals surface area contributed by atoms with Crippen molar-refractivity contribution < 1.29 is 9.72 Å². The van der Waals surface area contributed by atoms with Crippen molar-refractivity contribution in [1.29, 1.82) is 0 Å². The summed E-state index contributed by atoms with van der Waals surface area (Å²) in [6.45, 7) is 0. The number of nitrogens with zero attached hydrogens (tertiary/aromatic N) is 2. The van der Waals surface area contributed by atoms with Crippen molar-refractivity contribution >= 4 is 51.5 Å². The van der Waals surface area contributed by atoms with Gasteiger partial charge in [0, 0.05) is 17.2 Å². The lowest BCUT2D eigenvalue weighted by atomic mass is 10.1. The molecule has 144 valence electrons. The van der Waals surface area contributed by atoms with E-state index < -0.39 is 10.8 Å². The third-order valence-corrected chi connectivity index (χ3v) is 4.93. The van der Waals surface area contributed by atoms with E-state index in [1.165, 1.54) is 12.1 Å². The molecule has 29 heavy (non-hydrogen) atoms. The second-order valence-corrected chi connectivity index (χ2v) is 6.99. The van der Waals surface area contributed by atoms with E-state index in [0.717, 1.165) is 22.7 Å². The highest BCUT2D eigenvalue weighted by atomic mass is 35.5. The average Bonchev–Trinajstić information content (AvgIpc) is 3.14. The monoisotopic (exact) mass is 426 g/mol. The van der Waals surface area contributed by atoms with Crippen molar-refractivity contribution in [2.45, 2.75) is 0 Å². The molecule has 0 fully saturated rings. The summed E-state index contributed by atoms with van der Waals surface area (Å²) < 4.78 is 0. The average molecular weight is 427 g/mol. The summed E-state index contributed by atoms with van der Waals surface area (Å²) in [5.41, 5.74) is 2.52. The Hall–Kier alpha value is -3.42. The number of carbonyl (C=O) groups excluding carboxylic acids is 1. The first-order valence-electron chi connectivity index (χ1n) is 8.42.